The minimum absolute atomic E-state index is 0.0224. The highest BCUT2D eigenvalue weighted by Gasteiger charge is 2.24. The van der Waals surface area contributed by atoms with Crippen LogP contribution < -0.4 is 0 Å². The van der Waals surface area contributed by atoms with E-state index in [-0.39, 0.29) is 36.6 Å². The minimum Gasteiger partial charge on any atom is -0.444 e. The fourth-order valence-corrected chi connectivity index (χ4v) is 2.51. The number of ether oxygens (including phenoxy) is 1. The number of likely N-dealkylation sites (N-methyl/N-ethyl adjacent to an activating group) is 1. The van der Waals surface area contributed by atoms with Gasteiger partial charge in [0.2, 0.25) is 5.91 Å². The Morgan fingerprint density at radius 3 is 2.22 bits per heavy atom. The van der Waals surface area contributed by atoms with Gasteiger partial charge in [0.25, 0.3) is 5.69 Å². The fourth-order valence-electron chi connectivity index (χ4n) is 2.35. The van der Waals surface area contributed by atoms with Gasteiger partial charge in [-0.15, -0.1) is 11.6 Å². The molecule has 9 heteroatoms. The highest BCUT2D eigenvalue weighted by molar-refractivity contribution is 6.27. The Kier molecular flexibility index (Phi) is 8.02. The quantitative estimate of drug-likeness (QED) is 0.396. The zero-order chi connectivity index (χ0) is 20.8. The summed E-state index contributed by atoms with van der Waals surface area (Å²) < 4.78 is 5.29. The summed E-state index contributed by atoms with van der Waals surface area (Å²) in [6, 6.07) is 5.64. The minimum atomic E-state index is -0.608. The summed E-state index contributed by atoms with van der Waals surface area (Å²) in [5, 5.41) is 10.8. The molecule has 0 aromatic heterocycles. The lowest BCUT2D eigenvalue weighted by atomic mass is 10.1. The van der Waals surface area contributed by atoms with E-state index in [4.69, 9.17) is 16.3 Å². The average molecular weight is 400 g/mol. The summed E-state index contributed by atoms with van der Waals surface area (Å²) >= 11 is 5.72. The molecule has 0 aliphatic rings. The molecule has 1 rings (SSSR count). The van der Waals surface area contributed by atoms with Crippen molar-refractivity contribution in [2.24, 2.45) is 0 Å². The summed E-state index contributed by atoms with van der Waals surface area (Å²) in [6.45, 7) is 7.64. The molecule has 0 heterocycles. The molecule has 1 atom stereocenters. The van der Waals surface area contributed by atoms with Crippen molar-refractivity contribution in [2.45, 2.75) is 39.3 Å². The van der Waals surface area contributed by atoms with E-state index in [1.807, 2.05) is 0 Å². The number of hydrogen-bond acceptors (Lipinski definition) is 5. The number of hydrogen-bond donors (Lipinski definition) is 0. The Hall–Kier alpha value is -2.35. The molecule has 1 unspecified atom stereocenters. The first-order valence-electron chi connectivity index (χ1n) is 8.50. The van der Waals surface area contributed by atoms with Gasteiger partial charge in [-0.2, -0.15) is 0 Å². The monoisotopic (exact) mass is 399 g/mol. The van der Waals surface area contributed by atoms with E-state index in [1.165, 1.54) is 21.9 Å². The Balaban J connectivity index is 2.84. The van der Waals surface area contributed by atoms with Crippen LogP contribution in [0, 0.1) is 10.1 Å². The van der Waals surface area contributed by atoms with Crippen LogP contribution in [0.3, 0.4) is 0 Å². The Morgan fingerprint density at radius 1 is 1.22 bits per heavy atom. The maximum absolute atomic E-state index is 12.3. The van der Waals surface area contributed by atoms with Gasteiger partial charge >= 0.3 is 6.09 Å². The highest BCUT2D eigenvalue weighted by atomic mass is 35.5. The number of carbonyl (C=O) groups excluding carboxylic acids is 2. The van der Waals surface area contributed by atoms with E-state index >= 15 is 0 Å². The second-order valence-electron chi connectivity index (χ2n) is 7.15. The van der Waals surface area contributed by atoms with Crippen molar-refractivity contribution in [3.8, 4) is 0 Å². The zero-order valence-corrected chi connectivity index (χ0v) is 17.0. The third-order valence-corrected chi connectivity index (χ3v) is 4.10. The van der Waals surface area contributed by atoms with Crippen LogP contribution in [0.25, 0.3) is 0 Å². The van der Waals surface area contributed by atoms with Gasteiger partial charge in [0.1, 0.15) is 11.5 Å². The van der Waals surface area contributed by atoms with Crippen LogP contribution in [0.2, 0.25) is 0 Å². The normalized spacial score (nSPS) is 12.2. The molecular weight excluding hydrogens is 374 g/mol. The molecule has 0 saturated carbocycles. The molecular formula is C18H26ClN3O5. The van der Waals surface area contributed by atoms with Crippen molar-refractivity contribution in [3.63, 3.8) is 0 Å². The smallest absolute Gasteiger partial charge is 0.410 e. The molecule has 0 bridgehead atoms. The van der Waals surface area contributed by atoms with Gasteiger partial charge in [0.05, 0.1) is 11.0 Å². The number of nitro groups is 1. The first-order chi connectivity index (χ1) is 12.5. The number of amides is 2. The summed E-state index contributed by atoms with van der Waals surface area (Å²) in [5.74, 6) is -0.492. The molecule has 8 nitrogen and oxygen atoms in total. The molecule has 0 spiro atoms. The summed E-state index contributed by atoms with van der Waals surface area (Å²) in [5.41, 5.74) is 0.105. The van der Waals surface area contributed by atoms with Gasteiger partial charge in [0, 0.05) is 32.3 Å². The van der Waals surface area contributed by atoms with Crippen molar-refractivity contribution < 1.29 is 19.2 Å². The second kappa shape index (κ2) is 9.55. The Morgan fingerprint density at radius 2 is 1.78 bits per heavy atom. The summed E-state index contributed by atoms with van der Waals surface area (Å²) in [7, 11) is 1.59. The van der Waals surface area contributed by atoms with Crippen LogP contribution in [0.4, 0.5) is 10.5 Å². The number of carbonyl (C=O) groups is 2. The van der Waals surface area contributed by atoms with Crippen molar-refractivity contribution in [2.75, 3.05) is 26.0 Å². The number of alkyl halides is 1. The Labute approximate surface area is 164 Å². The molecule has 0 aliphatic heterocycles. The second-order valence-corrected chi connectivity index (χ2v) is 7.41. The molecule has 150 valence electrons. The van der Waals surface area contributed by atoms with E-state index in [2.05, 4.69) is 0 Å². The van der Waals surface area contributed by atoms with E-state index in [9.17, 15) is 19.7 Å². The van der Waals surface area contributed by atoms with E-state index in [1.54, 1.807) is 46.9 Å². The van der Waals surface area contributed by atoms with Crippen molar-refractivity contribution in [1.82, 2.24) is 9.80 Å². The molecule has 0 aliphatic carbocycles. The number of benzene rings is 1. The molecule has 2 amide bonds. The van der Waals surface area contributed by atoms with Crippen molar-refractivity contribution in [3.05, 3.63) is 39.9 Å². The van der Waals surface area contributed by atoms with E-state index < -0.39 is 16.6 Å². The molecule has 0 saturated heterocycles. The lowest BCUT2D eigenvalue weighted by molar-refractivity contribution is -0.384. The first-order valence-corrected chi connectivity index (χ1v) is 9.03. The predicted octanol–water partition coefficient (Wildman–Crippen LogP) is 3.59. The van der Waals surface area contributed by atoms with Crippen LogP contribution in [0.5, 0.6) is 0 Å². The third kappa shape index (κ3) is 7.05. The summed E-state index contributed by atoms with van der Waals surface area (Å²) in [6.07, 6.45) is -0.483. The molecule has 1 aromatic carbocycles. The number of rotatable bonds is 7. The van der Waals surface area contributed by atoms with Gasteiger partial charge < -0.3 is 14.5 Å². The molecule has 1 aromatic rings. The average Bonchev–Trinajstić information content (AvgIpc) is 2.59. The van der Waals surface area contributed by atoms with Gasteiger partial charge in [0.15, 0.2) is 0 Å². The standard InChI is InChI=1S/C18H26ClN3O5/c1-13(14-6-8-15(9-7-14)22(25)26)21(16(23)12-19)11-10-20(5)17(24)27-18(2,3)4/h6-9,13H,10-12H2,1-5H3. The van der Waals surface area contributed by atoms with Gasteiger partial charge in [-0.1, -0.05) is 12.1 Å². The third-order valence-electron chi connectivity index (χ3n) is 3.87. The van der Waals surface area contributed by atoms with E-state index in [0.29, 0.717) is 0 Å². The molecule has 0 radical (unpaired) electrons. The van der Waals surface area contributed by atoms with Crippen LogP contribution >= 0.6 is 11.6 Å². The highest BCUT2D eigenvalue weighted by Crippen LogP contribution is 2.23. The predicted molar refractivity (Wildman–Crippen MR) is 103 cm³/mol. The van der Waals surface area contributed by atoms with Crippen molar-refractivity contribution >= 4 is 29.3 Å². The molecule has 0 fully saturated rings. The van der Waals surface area contributed by atoms with Crippen LogP contribution in [-0.2, 0) is 9.53 Å². The Bertz CT molecular complexity index is 673. The maximum Gasteiger partial charge on any atom is 0.410 e. The lowest BCUT2D eigenvalue weighted by Crippen LogP contribution is -2.42. The fraction of sp³-hybridized carbons (Fsp3) is 0.556. The number of nitrogens with zero attached hydrogens (tertiary/aromatic N) is 3. The number of nitro benzene ring substituents is 1. The van der Waals surface area contributed by atoms with Crippen LogP contribution in [-0.4, -0.2) is 58.3 Å². The van der Waals surface area contributed by atoms with Crippen LogP contribution in [0.1, 0.15) is 39.3 Å². The SMILES string of the molecule is CC(c1ccc([N+](=O)[O-])cc1)N(CCN(C)C(=O)OC(C)(C)C)C(=O)CCl. The number of halogens is 1. The number of non-ortho nitro benzene ring substituents is 1. The van der Waals surface area contributed by atoms with Crippen molar-refractivity contribution in [1.29, 1.82) is 0 Å². The zero-order valence-electron chi connectivity index (χ0n) is 16.3. The van der Waals surface area contributed by atoms with Crippen LogP contribution in [0.15, 0.2) is 24.3 Å². The first kappa shape index (κ1) is 22.7. The van der Waals surface area contributed by atoms with E-state index in [0.717, 1.165) is 5.56 Å². The van der Waals surface area contributed by atoms with Gasteiger partial charge in [-0.3, -0.25) is 14.9 Å². The lowest BCUT2D eigenvalue weighted by Gasteiger charge is -2.31. The topological polar surface area (TPSA) is 93.0 Å². The molecule has 27 heavy (non-hydrogen) atoms. The van der Waals surface area contributed by atoms with Gasteiger partial charge in [-0.05, 0) is 33.3 Å². The van der Waals surface area contributed by atoms with Gasteiger partial charge in [-0.25, -0.2) is 4.79 Å². The summed E-state index contributed by atoms with van der Waals surface area (Å²) in [4.78, 5) is 37.6. The largest absolute Gasteiger partial charge is 0.444 e. The molecule has 0 N–H and O–H groups in total. The maximum atomic E-state index is 12.3.